The monoisotopic (exact) mass is 215 g/mol. The molecule has 0 radical (unpaired) electrons. The minimum Gasteiger partial charge on any atom is -0.393 e. The summed E-state index contributed by atoms with van der Waals surface area (Å²) in [5, 5.41) is 24.7. The van der Waals surface area contributed by atoms with E-state index in [0.717, 1.165) is 0 Å². The Morgan fingerprint density at radius 3 is 1.77 bits per heavy atom. The molecule has 0 aromatic rings. The molecule has 0 amide bonds. The lowest BCUT2D eigenvalue weighted by atomic mass is 10.0. The van der Waals surface area contributed by atoms with Crippen LogP contribution in [0, 0.1) is 0 Å². The van der Waals surface area contributed by atoms with Gasteiger partial charge in [-0.25, -0.2) is 0 Å². The fourth-order valence-electron chi connectivity index (χ4n) is 0.872. The smallest absolute Gasteiger partial charge is 0.272 e. The van der Waals surface area contributed by atoms with Crippen molar-refractivity contribution < 1.29 is 28.3 Å². The first kappa shape index (κ1) is 12.8. The Morgan fingerprint density at radius 1 is 1.31 bits per heavy atom. The van der Waals surface area contributed by atoms with Crippen LogP contribution in [0.3, 0.4) is 0 Å². The highest BCUT2D eigenvalue weighted by Crippen LogP contribution is 2.15. The summed E-state index contributed by atoms with van der Waals surface area (Å²) in [5.41, 5.74) is 2.66. The van der Waals surface area contributed by atoms with Gasteiger partial charge < -0.3 is 21.1 Å². The Labute approximate surface area is 75.6 Å². The normalized spacial score (nSPS) is 15.8. The molecule has 0 fully saturated rings. The topological polar surface area (TPSA) is 141 Å². The second-order valence-electron chi connectivity index (χ2n) is 2.66. The molecule has 0 aromatic carbocycles. The molecule has 13 heavy (non-hydrogen) atoms. The first-order valence-electron chi connectivity index (χ1n) is 3.42. The Hall–Kier alpha value is -0.250. The number of aliphatic hydroxyl groups is 3. The van der Waals surface area contributed by atoms with Crippen LogP contribution in [0.5, 0.6) is 0 Å². The van der Waals surface area contributed by atoms with Gasteiger partial charge in [-0.3, -0.25) is 4.55 Å². The Kier molecular flexibility index (Phi) is 4.23. The first-order chi connectivity index (χ1) is 5.81. The van der Waals surface area contributed by atoms with Gasteiger partial charge in [-0.15, -0.1) is 0 Å². The average molecular weight is 215 g/mol. The summed E-state index contributed by atoms with van der Waals surface area (Å²) in [6.45, 7) is -2.62. The van der Waals surface area contributed by atoms with Gasteiger partial charge >= 0.3 is 0 Å². The lowest BCUT2D eigenvalue weighted by Gasteiger charge is -2.29. The molecule has 0 rings (SSSR count). The predicted octanol–water partition coefficient (Wildman–Crippen LogP) is -3.08. The molecule has 0 saturated heterocycles. The van der Waals surface area contributed by atoms with E-state index in [2.05, 4.69) is 0 Å². The van der Waals surface area contributed by atoms with Crippen LogP contribution in [0.1, 0.15) is 0 Å². The van der Waals surface area contributed by atoms with Crippen molar-refractivity contribution in [2.75, 3.05) is 19.8 Å². The van der Waals surface area contributed by atoms with Crippen molar-refractivity contribution in [1.82, 2.24) is 0 Å². The SMILES string of the molecule is NCC(C(O)(CO)CO)S(=O)(=O)O. The van der Waals surface area contributed by atoms with E-state index >= 15 is 0 Å². The minimum atomic E-state index is -4.59. The van der Waals surface area contributed by atoms with Gasteiger partial charge in [0.05, 0.1) is 13.2 Å². The Morgan fingerprint density at radius 2 is 1.69 bits per heavy atom. The van der Waals surface area contributed by atoms with E-state index in [1.807, 2.05) is 0 Å². The fourth-order valence-corrected chi connectivity index (χ4v) is 1.82. The highest BCUT2D eigenvalue weighted by Gasteiger charge is 2.42. The maximum Gasteiger partial charge on any atom is 0.272 e. The highest BCUT2D eigenvalue weighted by molar-refractivity contribution is 7.86. The number of rotatable bonds is 5. The van der Waals surface area contributed by atoms with Crippen molar-refractivity contribution in [3.05, 3.63) is 0 Å². The lowest BCUT2D eigenvalue weighted by molar-refractivity contribution is -0.0567. The van der Waals surface area contributed by atoms with E-state index in [9.17, 15) is 13.5 Å². The number of hydrogen-bond acceptors (Lipinski definition) is 6. The van der Waals surface area contributed by atoms with E-state index in [-0.39, 0.29) is 0 Å². The molecule has 8 heteroatoms. The minimum absolute atomic E-state index is 0.601. The summed E-state index contributed by atoms with van der Waals surface area (Å²) in [5.74, 6) is 0. The summed E-state index contributed by atoms with van der Waals surface area (Å²) in [6, 6.07) is 0. The molecule has 0 saturated carbocycles. The summed E-state index contributed by atoms with van der Waals surface area (Å²) >= 11 is 0. The van der Waals surface area contributed by atoms with Crippen LogP contribution in [0.25, 0.3) is 0 Å². The van der Waals surface area contributed by atoms with Crippen molar-refractivity contribution in [3.8, 4) is 0 Å². The van der Waals surface area contributed by atoms with Gasteiger partial charge in [0, 0.05) is 6.54 Å². The van der Waals surface area contributed by atoms with Gasteiger partial charge in [0.25, 0.3) is 10.1 Å². The van der Waals surface area contributed by atoms with Gasteiger partial charge in [0.2, 0.25) is 0 Å². The summed E-state index contributed by atoms with van der Waals surface area (Å²) in [6.07, 6.45) is 0. The first-order valence-corrected chi connectivity index (χ1v) is 4.92. The van der Waals surface area contributed by atoms with Crippen molar-refractivity contribution in [2.45, 2.75) is 10.9 Å². The van der Waals surface area contributed by atoms with E-state index in [0.29, 0.717) is 0 Å². The van der Waals surface area contributed by atoms with Crippen LogP contribution >= 0.6 is 0 Å². The largest absolute Gasteiger partial charge is 0.393 e. The zero-order valence-electron chi connectivity index (χ0n) is 6.79. The fraction of sp³-hybridized carbons (Fsp3) is 1.00. The number of nitrogens with two attached hydrogens (primary N) is 1. The molecular weight excluding hydrogens is 202 g/mol. The van der Waals surface area contributed by atoms with Crippen LogP contribution in [-0.4, -0.2) is 58.9 Å². The molecule has 1 unspecified atom stereocenters. The summed E-state index contributed by atoms with van der Waals surface area (Å²) in [7, 11) is -4.59. The third kappa shape index (κ3) is 2.86. The summed E-state index contributed by atoms with van der Waals surface area (Å²) < 4.78 is 29.8. The second kappa shape index (κ2) is 4.31. The van der Waals surface area contributed by atoms with Gasteiger partial charge in [-0.1, -0.05) is 0 Å². The molecule has 0 bridgehead atoms. The zero-order valence-corrected chi connectivity index (χ0v) is 7.61. The van der Waals surface area contributed by atoms with Crippen molar-refractivity contribution in [1.29, 1.82) is 0 Å². The van der Waals surface area contributed by atoms with Gasteiger partial charge in [0.15, 0.2) is 0 Å². The quantitative estimate of drug-likeness (QED) is 0.306. The van der Waals surface area contributed by atoms with Crippen LogP contribution < -0.4 is 5.73 Å². The van der Waals surface area contributed by atoms with E-state index < -0.39 is 40.7 Å². The van der Waals surface area contributed by atoms with Crippen LogP contribution in [-0.2, 0) is 10.1 Å². The lowest BCUT2D eigenvalue weighted by Crippen LogP contribution is -2.55. The van der Waals surface area contributed by atoms with Crippen molar-refractivity contribution >= 4 is 10.1 Å². The molecule has 6 N–H and O–H groups in total. The van der Waals surface area contributed by atoms with E-state index in [4.69, 9.17) is 20.5 Å². The van der Waals surface area contributed by atoms with E-state index in [1.54, 1.807) is 0 Å². The number of aliphatic hydroxyl groups excluding tert-OH is 2. The molecule has 0 aliphatic rings. The third-order valence-corrected chi connectivity index (χ3v) is 3.07. The molecule has 0 spiro atoms. The molecule has 0 heterocycles. The third-order valence-electron chi connectivity index (χ3n) is 1.72. The molecule has 7 nitrogen and oxygen atoms in total. The molecule has 0 aliphatic heterocycles. The van der Waals surface area contributed by atoms with Crippen LogP contribution in [0.4, 0.5) is 0 Å². The highest BCUT2D eigenvalue weighted by atomic mass is 32.2. The van der Waals surface area contributed by atoms with E-state index in [1.165, 1.54) is 0 Å². The van der Waals surface area contributed by atoms with Crippen molar-refractivity contribution in [2.24, 2.45) is 5.73 Å². The van der Waals surface area contributed by atoms with Crippen LogP contribution in [0.15, 0.2) is 0 Å². The van der Waals surface area contributed by atoms with Gasteiger partial charge in [-0.05, 0) is 0 Å². The number of hydrogen-bond donors (Lipinski definition) is 5. The molecular formula is C5H13NO6S. The maximum absolute atomic E-state index is 10.6. The standard InChI is InChI=1S/C5H13NO6S/c6-1-4(13(10,11)12)5(9,2-7)3-8/h4,7-9H,1-3,6H2,(H,10,11,12). The Bertz CT molecular complexity index is 246. The maximum atomic E-state index is 10.6. The molecule has 1 atom stereocenters. The van der Waals surface area contributed by atoms with Gasteiger partial charge in [0.1, 0.15) is 10.9 Å². The molecule has 0 aromatic heterocycles. The van der Waals surface area contributed by atoms with Crippen LogP contribution in [0.2, 0.25) is 0 Å². The Balaban J connectivity index is 4.96. The predicted molar refractivity (Wildman–Crippen MR) is 43.5 cm³/mol. The summed E-state index contributed by atoms with van der Waals surface area (Å²) in [4.78, 5) is 0. The second-order valence-corrected chi connectivity index (χ2v) is 4.26. The molecule has 80 valence electrons. The zero-order chi connectivity index (χ0) is 10.7. The van der Waals surface area contributed by atoms with Crippen molar-refractivity contribution in [3.63, 3.8) is 0 Å². The molecule has 0 aliphatic carbocycles. The average Bonchev–Trinajstić information content (AvgIpc) is 2.02. The van der Waals surface area contributed by atoms with Gasteiger partial charge in [-0.2, -0.15) is 8.42 Å².